The van der Waals surface area contributed by atoms with Gasteiger partial charge in [-0.2, -0.15) is 0 Å². The van der Waals surface area contributed by atoms with Crippen LogP contribution in [0.5, 0.6) is 0 Å². The first kappa shape index (κ1) is 64.5. The number of esters is 2. The number of hydrogen-bond acceptors (Lipinski definition) is 14. The number of hydrogen-bond donors (Lipinski definition) is 0. The highest BCUT2D eigenvalue weighted by atomic mass is 32.2. The van der Waals surface area contributed by atoms with Gasteiger partial charge in [-0.15, -0.1) is 0 Å². The van der Waals surface area contributed by atoms with Crippen LogP contribution in [0.3, 0.4) is 0 Å². The Balaban J connectivity index is 0.000000700. The summed E-state index contributed by atoms with van der Waals surface area (Å²) >= 11 is 0. The second-order valence-corrected chi connectivity index (χ2v) is 49.5. The van der Waals surface area contributed by atoms with E-state index >= 15 is 0 Å². The lowest BCUT2D eigenvalue weighted by Gasteiger charge is -2.40. The Bertz CT molecular complexity index is 2370. The van der Waals surface area contributed by atoms with Crippen molar-refractivity contribution in [1.82, 2.24) is 9.80 Å². The van der Waals surface area contributed by atoms with Crippen LogP contribution < -0.4 is 0 Å². The lowest BCUT2D eigenvalue weighted by Crippen LogP contribution is -2.55. The van der Waals surface area contributed by atoms with Crippen LogP contribution >= 0.6 is 0 Å². The van der Waals surface area contributed by atoms with Crippen LogP contribution in [-0.2, 0) is 55.2 Å². The topological polar surface area (TPSA) is 164 Å². The van der Waals surface area contributed by atoms with Gasteiger partial charge in [-0.3, -0.25) is 0 Å². The maximum absolute atomic E-state index is 13.0. The molecule has 0 atom stereocenters. The van der Waals surface area contributed by atoms with E-state index in [-0.39, 0.29) is 23.0 Å². The van der Waals surface area contributed by atoms with Gasteiger partial charge in [-0.25, -0.2) is 26.4 Å². The quantitative estimate of drug-likeness (QED) is 0.0378. The standard InChI is InChI=1S/2C24H41NO6SSi3/c1-11-29-24(26)23(32(27,28)22-16-13-12-14-17-22)18-15-19-25(3)20-21(2)35(10,30-33(4,5)6)31-34(7,8)9;1-10-29-24(26)23(32(27,28)22-16-12-11-13-17-22)18-14-19-25(2)20-15-21-35(9,30-33(3,4)5)31-34(6,7)8/h12-19H,2,11,20H2,1,3-10H3;11-19,21H,10,20H2,1-9H3/b19-15+,23-18+;19-14+,21-15+,23-18+. The van der Waals surface area contributed by atoms with E-state index in [1.165, 1.54) is 48.6 Å². The Morgan fingerprint density at radius 1 is 0.557 bits per heavy atom. The molecular formula is C48H82N2O12S2Si6. The summed E-state index contributed by atoms with van der Waals surface area (Å²) in [6.45, 7) is 38.7. The lowest BCUT2D eigenvalue weighted by atomic mass is 10.4. The highest BCUT2D eigenvalue weighted by Crippen LogP contribution is 2.28. The summed E-state index contributed by atoms with van der Waals surface area (Å²) < 4.78 is 88.1. The number of sulfone groups is 2. The SMILES string of the molecule is C=C(CN(C)/C=C/C=C(\C(=O)OCC)S(=O)(=O)c1ccccc1)[Si](C)(O[Si](C)(C)C)O[Si](C)(C)C.CCOC(=O)/C(=C\C=C\N(C)C/C=C/[Si](C)(O[Si](C)(C)C)O[Si](C)(C)C)S(=O)(=O)c1ccccc1. The van der Waals surface area contributed by atoms with Crippen LogP contribution in [0, 0.1) is 0 Å². The van der Waals surface area contributed by atoms with Gasteiger partial charge in [0.15, 0.2) is 43.1 Å². The highest BCUT2D eigenvalue weighted by molar-refractivity contribution is 7.96. The van der Waals surface area contributed by atoms with Gasteiger partial charge >= 0.3 is 29.1 Å². The summed E-state index contributed by atoms with van der Waals surface area (Å²) in [5.74, 6) is -1.77. The molecule has 2 aromatic rings. The molecule has 392 valence electrons. The fourth-order valence-corrected chi connectivity index (χ4v) is 32.1. The van der Waals surface area contributed by atoms with E-state index in [1.807, 2.05) is 30.0 Å². The summed E-state index contributed by atoms with van der Waals surface area (Å²) in [5, 5.41) is 0.890. The third-order valence-corrected chi connectivity index (χ3v) is 30.7. The molecule has 0 N–H and O–H groups in total. The summed E-state index contributed by atoms with van der Waals surface area (Å²) in [6, 6.07) is 15.7. The third-order valence-electron chi connectivity index (χ3n) is 8.73. The van der Waals surface area contributed by atoms with Gasteiger partial charge in [0.1, 0.15) is 0 Å². The Morgan fingerprint density at radius 2 is 0.900 bits per heavy atom. The minimum absolute atomic E-state index is 0.0307. The molecule has 0 aliphatic carbocycles. The fraction of sp³-hybridized carbons (Fsp3) is 0.458. The van der Waals surface area contributed by atoms with Crippen LogP contribution in [0.2, 0.25) is 91.7 Å². The lowest BCUT2D eigenvalue weighted by molar-refractivity contribution is -0.138. The van der Waals surface area contributed by atoms with Crippen molar-refractivity contribution in [2.24, 2.45) is 0 Å². The van der Waals surface area contributed by atoms with E-state index in [9.17, 15) is 26.4 Å². The van der Waals surface area contributed by atoms with Gasteiger partial charge in [0, 0.05) is 27.2 Å². The molecule has 0 aliphatic rings. The molecule has 0 unspecified atom stereocenters. The molecule has 0 heterocycles. The van der Waals surface area contributed by atoms with Crippen molar-refractivity contribution in [2.75, 3.05) is 40.4 Å². The zero-order chi connectivity index (χ0) is 54.0. The molecule has 14 nitrogen and oxygen atoms in total. The molecule has 0 amide bonds. The minimum atomic E-state index is -4.03. The second-order valence-electron chi connectivity index (χ2n) is 20.5. The van der Waals surface area contributed by atoms with Crippen molar-refractivity contribution >= 4 is 82.0 Å². The predicted molar refractivity (Wildman–Crippen MR) is 299 cm³/mol. The molecule has 70 heavy (non-hydrogen) atoms. The van der Waals surface area contributed by atoms with Crippen molar-refractivity contribution in [3.63, 3.8) is 0 Å². The van der Waals surface area contributed by atoms with Crippen molar-refractivity contribution in [2.45, 2.75) is 115 Å². The molecule has 0 radical (unpaired) electrons. The third kappa shape index (κ3) is 24.3. The van der Waals surface area contributed by atoms with Crippen LogP contribution in [0.15, 0.2) is 141 Å². The fourth-order valence-electron chi connectivity index (χ4n) is 6.58. The van der Waals surface area contributed by atoms with Gasteiger partial charge in [0.05, 0.1) is 23.0 Å². The van der Waals surface area contributed by atoms with E-state index in [0.717, 1.165) is 5.20 Å². The molecular weight excluding hydrogens is 1030 g/mol. The molecule has 0 saturated heterocycles. The van der Waals surface area contributed by atoms with Crippen molar-refractivity contribution in [3.05, 3.63) is 131 Å². The maximum Gasteiger partial charge on any atom is 0.350 e. The minimum Gasteiger partial charge on any atom is -0.462 e. The largest absolute Gasteiger partial charge is 0.462 e. The number of carbonyl (C=O) groups is 2. The molecule has 22 heteroatoms. The number of likely N-dealkylation sites (N-methyl/N-ethyl adjacent to an activating group) is 2. The summed E-state index contributed by atoms with van der Waals surface area (Å²) in [4.78, 5) is 27.9. The number of ether oxygens (including phenoxy) is 2. The van der Waals surface area contributed by atoms with Crippen LogP contribution in [0.4, 0.5) is 0 Å². The van der Waals surface area contributed by atoms with E-state index < -0.39 is 91.8 Å². The first-order chi connectivity index (χ1) is 31.9. The molecule has 0 aromatic heterocycles. The van der Waals surface area contributed by atoms with E-state index in [0.29, 0.717) is 13.1 Å². The Morgan fingerprint density at radius 3 is 1.23 bits per heavy atom. The summed E-state index contributed by atoms with van der Waals surface area (Å²) in [5.41, 5.74) is 2.08. The Hall–Kier alpha value is -3.54. The van der Waals surface area contributed by atoms with Gasteiger partial charge in [-0.05, 0) is 177 Å². The number of nitrogens with zero attached hydrogens (tertiary/aromatic N) is 2. The maximum atomic E-state index is 13.0. The Kier molecular flexibility index (Phi) is 25.3. The first-order valence-corrected chi connectivity index (χ1v) is 44.5. The van der Waals surface area contributed by atoms with Crippen LogP contribution in [0.1, 0.15) is 13.8 Å². The number of benzene rings is 2. The van der Waals surface area contributed by atoms with Gasteiger partial charge in [0.2, 0.25) is 19.7 Å². The predicted octanol–water partition coefficient (Wildman–Crippen LogP) is 10.4. The van der Waals surface area contributed by atoms with E-state index in [2.05, 4.69) is 104 Å². The smallest absolute Gasteiger partial charge is 0.350 e. The van der Waals surface area contributed by atoms with E-state index in [4.69, 9.17) is 25.9 Å². The summed E-state index contributed by atoms with van der Waals surface area (Å²) in [7, 11) is -16.9. The van der Waals surface area contributed by atoms with E-state index in [1.54, 1.807) is 62.6 Å². The summed E-state index contributed by atoms with van der Waals surface area (Å²) in [6.07, 6.45) is 11.0. The van der Waals surface area contributed by atoms with Crippen molar-refractivity contribution < 1.29 is 52.4 Å². The molecule has 2 aromatic carbocycles. The van der Waals surface area contributed by atoms with Crippen molar-refractivity contribution in [3.8, 4) is 0 Å². The molecule has 0 fully saturated rings. The average Bonchev–Trinajstić information content (AvgIpc) is 3.19. The number of allylic oxidation sites excluding steroid dienone is 4. The number of rotatable bonds is 26. The van der Waals surface area contributed by atoms with Gasteiger partial charge in [-0.1, -0.05) is 49.1 Å². The monoisotopic (exact) mass is 1110 g/mol. The van der Waals surface area contributed by atoms with Gasteiger partial charge in [0.25, 0.3) is 0 Å². The second kappa shape index (κ2) is 27.5. The zero-order valence-corrected chi connectivity index (χ0v) is 52.7. The number of carbonyl (C=O) groups excluding carboxylic acids is 2. The molecule has 0 bridgehead atoms. The normalized spacial score (nSPS) is 13.9. The van der Waals surface area contributed by atoms with Crippen LogP contribution in [0.25, 0.3) is 0 Å². The molecule has 0 spiro atoms. The zero-order valence-electron chi connectivity index (χ0n) is 45.0. The van der Waals surface area contributed by atoms with Gasteiger partial charge < -0.3 is 35.7 Å². The highest BCUT2D eigenvalue weighted by Gasteiger charge is 2.43. The molecule has 2 rings (SSSR count). The Labute approximate surface area is 428 Å². The molecule has 0 saturated carbocycles. The van der Waals surface area contributed by atoms with Crippen LogP contribution in [-0.4, -0.2) is 129 Å². The molecule has 0 aliphatic heterocycles. The van der Waals surface area contributed by atoms with Crippen molar-refractivity contribution in [1.29, 1.82) is 0 Å². The first-order valence-electron chi connectivity index (χ1n) is 23.2. The average molecular weight is 1110 g/mol.